The summed E-state index contributed by atoms with van der Waals surface area (Å²) in [5, 5.41) is 11.6. The van der Waals surface area contributed by atoms with Crippen molar-refractivity contribution in [1.82, 2.24) is 0 Å². The third-order valence-electron chi connectivity index (χ3n) is 9.03. The van der Waals surface area contributed by atoms with Crippen molar-refractivity contribution >= 4 is 11.9 Å². The Hall–Kier alpha value is -2.74. The number of aliphatic hydroxyl groups is 1. The van der Waals surface area contributed by atoms with E-state index in [0.717, 1.165) is 24.0 Å². The van der Waals surface area contributed by atoms with E-state index in [9.17, 15) is 14.7 Å². The summed E-state index contributed by atoms with van der Waals surface area (Å²) in [7, 11) is 0. The molecule has 7 heteroatoms. The topological polar surface area (TPSA) is 97.9 Å². The van der Waals surface area contributed by atoms with Crippen LogP contribution in [0.3, 0.4) is 0 Å². The van der Waals surface area contributed by atoms with E-state index in [0.29, 0.717) is 25.7 Å². The van der Waals surface area contributed by atoms with Gasteiger partial charge in [0.15, 0.2) is 0 Å². The maximum absolute atomic E-state index is 13.3. The van der Waals surface area contributed by atoms with Crippen LogP contribution < -0.4 is 0 Å². The molecule has 3 fully saturated rings. The average molecular weight is 551 g/mol. The second-order valence-electron chi connectivity index (χ2n) is 12.6. The SMILES string of the molecule is CC1(C)OC1CCC1(C)OC1CCC1(O)CCC(C(=O)OCc2ccccc2)C(C(=O)OCc2ccccc2)C1. The fourth-order valence-electron chi connectivity index (χ4n) is 6.14. The van der Waals surface area contributed by atoms with Crippen LogP contribution in [0.4, 0.5) is 0 Å². The molecule has 216 valence electrons. The molecule has 6 unspecified atom stereocenters. The fraction of sp³-hybridized carbons (Fsp3) is 0.576. The molecule has 0 bridgehead atoms. The Bertz CT molecular complexity index is 1170. The molecule has 2 aliphatic heterocycles. The lowest BCUT2D eigenvalue weighted by atomic mass is 9.69. The number of hydrogen-bond donors (Lipinski definition) is 1. The van der Waals surface area contributed by atoms with Gasteiger partial charge in [-0.1, -0.05) is 60.7 Å². The predicted molar refractivity (Wildman–Crippen MR) is 149 cm³/mol. The standard InChI is InChI=1S/C33H42O7/c1-31(2)27(39-31)15-17-32(3)28(40-32)16-19-33(36)18-14-25(29(34)37-21-23-10-6-4-7-11-23)26(20-33)30(35)38-22-24-12-8-5-9-13-24/h4-13,25-28,36H,14-22H2,1-3H3. The molecular weight excluding hydrogens is 508 g/mol. The van der Waals surface area contributed by atoms with E-state index in [1.165, 1.54) is 0 Å². The molecule has 1 saturated carbocycles. The average Bonchev–Trinajstić information content (AvgIpc) is 3.81. The third-order valence-corrected chi connectivity index (χ3v) is 9.03. The predicted octanol–water partition coefficient (Wildman–Crippen LogP) is 5.52. The molecular formula is C33H42O7. The van der Waals surface area contributed by atoms with Crippen molar-refractivity contribution in [1.29, 1.82) is 0 Å². The number of epoxide rings is 2. The second-order valence-corrected chi connectivity index (χ2v) is 12.6. The first-order chi connectivity index (χ1) is 19.1. The van der Waals surface area contributed by atoms with Crippen molar-refractivity contribution < 1.29 is 33.6 Å². The van der Waals surface area contributed by atoms with Crippen LogP contribution in [-0.4, -0.2) is 46.1 Å². The zero-order valence-corrected chi connectivity index (χ0v) is 23.8. The van der Waals surface area contributed by atoms with Crippen LogP contribution >= 0.6 is 0 Å². The van der Waals surface area contributed by atoms with Crippen LogP contribution in [-0.2, 0) is 41.8 Å². The van der Waals surface area contributed by atoms with Gasteiger partial charge in [0.2, 0.25) is 0 Å². The van der Waals surface area contributed by atoms with Gasteiger partial charge in [0.05, 0.1) is 40.8 Å². The summed E-state index contributed by atoms with van der Waals surface area (Å²) >= 11 is 0. The lowest BCUT2D eigenvalue weighted by Crippen LogP contribution is -2.45. The minimum Gasteiger partial charge on any atom is -0.461 e. The van der Waals surface area contributed by atoms with Gasteiger partial charge in [-0.3, -0.25) is 9.59 Å². The number of ether oxygens (including phenoxy) is 4. The summed E-state index contributed by atoms with van der Waals surface area (Å²) in [6.07, 6.45) is 4.43. The Morgan fingerprint density at radius 2 is 1.32 bits per heavy atom. The molecule has 0 aromatic heterocycles. The zero-order chi connectivity index (χ0) is 28.4. The summed E-state index contributed by atoms with van der Waals surface area (Å²) in [6.45, 7) is 6.61. The Balaban J connectivity index is 1.18. The zero-order valence-electron chi connectivity index (χ0n) is 23.8. The first-order valence-corrected chi connectivity index (χ1v) is 14.6. The van der Waals surface area contributed by atoms with Crippen LogP contribution in [0.5, 0.6) is 0 Å². The third kappa shape index (κ3) is 7.12. The van der Waals surface area contributed by atoms with Crippen LogP contribution in [0, 0.1) is 11.8 Å². The summed E-state index contributed by atoms with van der Waals surface area (Å²) in [6, 6.07) is 18.9. The van der Waals surface area contributed by atoms with Crippen LogP contribution in [0.2, 0.25) is 0 Å². The van der Waals surface area contributed by atoms with Gasteiger partial charge in [-0.05, 0) is 76.8 Å². The second kappa shape index (κ2) is 11.6. The van der Waals surface area contributed by atoms with Crippen LogP contribution in [0.25, 0.3) is 0 Å². The van der Waals surface area contributed by atoms with Crippen molar-refractivity contribution in [2.24, 2.45) is 11.8 Å². The number of carbonyl (C=O) groups excluding carboxylic acids is 2. The molecule has 7 nitrogen and oxygen atoms in total. The number of carbonyl (C=O) groups is 2. The minimum absolute atomic E-state index is 0.0269. The normalized spacial score (nSPS) is 32.2. The molecule has 1 aliphatic carbocycles. The van der Waals surface area contributed by atoms with Crippen molar-refractivity contribution in [2.75, 3.05) is 0 Å². The molecule has 0 amide bonds. The van der Waals surface area contributed by atoms with E-state index >= 15 is 0 Å². The highest BCUT2D eigenvalue weighted by molar-refractivity contribution is 5.82. The quantitative estimate of drug-likeness (QED) is 0.275. The van der Waals surface area contributed by atoms with E-state index in [2.05, 4.69) is 20.8 Å². The van der Waals surface area contributed by atoms with Crippen LogP contribution in [0.1, 0.15) is 76.8 Å². The molecule has 40 heavy (non-hydrogen) atoms. The Kier molecular flexibility index (Phi) is 8.37. The van der Waals surface area contributed by atoms with Gasteiger partial charge < -0.3 is 24.1 Å². The van der Waals surface area contributed by atoms with E-state index in [1.54, 1.807) is 0 Å². The van der Waals surface area contributed by atoms with Gasteiger partial charge in [-0.25, -0.2) is 0 Å². The van der Waals surface area contributed by atoms with Gasteiger partial charge >= 0.3 is 11.9 Å². The Labute approximate surface area is 237 Å². The van der Waals surface area contributed by atoms with Crippen LogP contribution in [0.15, 0.2) is 60.7 Å². The highest BCUT2D eigenvalue weighted by atomic mass is 16.6. The van der Waals surface area contributed by atoms with Gasteiger partial charge in [-0.15, -0.1) is 0 Å². The van der Waals surface area contributed by atoms with E-state index in [1.807, 2.05) is 60.7 Å². The van der Waals surface area contributed by atoms with Gasteiger partial charge in [0.1, 0.15) is 13.2 Å². The maximum atomic E-state index is 13.3. The first kappa shape index (κ1) is 28.8. The lowest BCUT2D eigenvalue weighted by Gasteiger charge is -2.39. The highest BCUT2D eigenvalue weighted by Gasteiger charge is 2.56. The largest absolute Gasteiger partial charge is 0.461 e. The molecule has 3 aliphatic rings. The van der Waals surface area contributed by atoms with Crippen molar-refractivity contribution in [3.63, 3.8) is 0 Å². The summed E-state index contributed by atoms with van der Waals surface area (Å²) in [5.74, 6) is -2.32. The van der Waals surface area contributed by atoms with Crippen molar-refractivity contribution in [2.45, 2.75) is 108 Å². The highest BCUT2D eigenvalue weighted by Crippen LogP contribution is 2.49. The van der Waals surface area contributed by atoms with E-state index < -0.39 is 29.4 Å². The first-order valence-electron chi connectivity index (χ1n) is 14.6. The fourth-order valence-corrected chi connectivity index (χ4v) is 6.14. The monoisotopic (exact) mass is 550 g/mol. The van der Waals surface area contributed by atoms with Gasteiger partial charge in [0, 0.05) is 0 Å². The van der Waals surface area contributed by atoms with E-state index in [-0.39, 0.29) is 43.0 Å². The Morgan fingerprint density at radius 1 is 0.800 bits per heavy atom. The molecule has 2 aromatic rings. The van der Waals surface area contributed by atoms with E-state index in [4.69, 9.17) is 18.9 Å². The number of esters is 2. The molecule has 2 saturated heterocycles. The van der Waals surface area contributed by atoms with Gasteiger partial charge in [0.25, 0.3) is 0 Å². The number of rotatable bonds is 12. The molecule has 0 spiro atoms. The molecule has 0 radical (unpaired) electrons. The van der Waals surface area contributed by atoms with Gasteiger partial charge in [-0.2, -0.15) is 0 Å². The summed E-state index contributed by atoms with van der Waals surface area (Å²) < 4.78 is 23.0. The van der Waals surface area contributed by atoms with Crippen molar-refractivity contribution in [3.8, 4) is 0 Å². The Morgan fingerprint density at radius 3 is 1.88 bits per heavy atom. The maximum Gasteiger partial charge on any atom is 0.310 e. The summed E-state index contributed by atoms with van der Waals surface area (Å²) in [4.78, 5) is 26.5. The molecule has 5 rings (SSSR count). The number of hydrogen-bond acceptors (Lipinski definition) is 7. The summed E-state index contributed by atoms with van der Waals surface area (Å²) in [5.41, 5.74) is 0.471. The molecule has 6 atom stereocenters. The molecule has 2 heterocycles. The lowest BCUT2D eigenvalue weighted by molar-refractivity contribution is -0.170. The molecule has 1 N–H and O–H groups in total. The smallest absolute Gasteiger partial charge is 0.310 e. The van der Waals surface area contributed by atoms with Crippen molar-refractivity contribution in [3.05, 3.63) is 71.8 Å². The minimum atomic E-state index is -1.07. The number of benzene rings is 2. The molecule has 2 aromatic carbocycles.